The van der Waals surface area contributed by atoms with Crippen molar-refractivity contribution in [1.29, 1.82) is 0 Å². The number of carbonyl (C=O) groups is 2. The summed E-state index contributed by atoms with van der Waals surface area (Å²) in [7, 11) is 0. The molecule has 2 aromatic rings. The first-order valence-electron chi connectivity index (χ1n) is 8.65. The number of anilines is 3. The summed E-state index contributed by atoms with van der Waals surface area (Å²) >= 11 is 0. The smallest absolute Gasteiger partial charge is 0.314 e. The van der Waals surface area contributed by atoms with Crippen molar-refractivity contribution in [2.75, 3.05) is 41.8 Å². The number of para-hydroxylation sites is 2. The van der Waals surface area contributed by atoms with Crippen LogP contribution in [0.25, 0.3) is 0 Å². The molecule has 6 heteroatoms. The number of amides is 2. The molecular weight excluding hydrogens is 330 g/mol. The Labute approximate surface area is 153 Å². The van der Waals surface area contributed by atoms with E-state index in [1.165, 1.54) is 0 Å². The Morgan fingerprint density at radius 1 is 0.923 bits per heavy atom. The fraction of sp³-hybridized carbons (Fsp3) is 0.300. The van der Waals surface area contributed by atoms with E-state index in [1.54, 1.807) is 6.07 Å². The third kappa shape index (κ3) is 4.40. The van der Waals surface area contributed by atoms with E-state index in [-0.39, 0.29) is 0 Å². The van der Waals surface area contributed by atoms with E-state index < -0.39 is 11.8 Å². The lowest BCUT2D eigenvalue weighted by atomic mass is 10.1. The van der Waals surface area contributed by atoms with Gasteiger partial charge in [-0.3, -0.25) is 9.59 Å². The summed E-state index contributed by atoms with van der Waals surface area (Å²) in [6, 6.07) is 13.2. The molecule has 2 amide bonds. The summed E-state index contributed by atoms with van der Waals surface area (Å²) in [6.07, 6.45) is 0. The minimum absolute atomic E-state index is 0.615. The fourth-order valence-electron chi connectivity index (χ4n) is 3.07. The number of aryl methyl sites for hydroxylation is 2. The van der Waals surface area contributed by atoms with Gasteiger partial charge in [-0.25, -0.2) is 0 Å². The molecule has 0 aliphatic carbocycles. The van der Waals surface area contributed by atoms with E-state index in [9.17, 15) is 9.59 Å². The summed E-state index contributed by atoms with van der Waals surface area (Å²) in [5.41, 5.74) is 4.18. The molecule has 0 radical (unpaired) electrons. The van der Waals surface area contributed by atoms with Crippen LogP contribution < -0.4 is 15.5 Å². The van der Waals surface area contributed by atoms with E-state index in [0.717, 1.165) is 29.9 Å². The third-order valence-corrected chi connectivity index (χ3v) is 4.19. The van der Waals surface area contributed by atoms with Gasteiger partial charge < -0.3 is 20.3 Å². The van der Waals surface area contributed by atoms with Crippen LogP contribution in [0.15, 0.2) is 42.5 Å². The van der Waals surface area contributed by atoms with E-state index in [0.29, 0.717) is 24.6 Å². The molecule has 3 rings (SSSR count). The third-order valence-electron chi connectivity index (χ3n) is 4.19. The average molecular weight is 353 g/mol. The van der Waals surface area contributed by atoms with Crippen LogP contribution in [0.1, 0.15) is 11.1 Å². The highest BCUT2D eigenvalue weighted by Crippen LogP contribution is 2.26. The second-order valence-corrected chi connectivity index (χ2v) is 6.40. The minimum Gasteiger partial charge on any atom is -0.378 e. The van der Waals surface area contributed by atoms with Crippen molar-refractivity contribution < 1.29 is 14.3 Å². The van der Waals surface area contributed by atoms with Crippen molar-refractivity contribution in [2.24, 2.45) is 0 Å². The Morgan fingerprint density at radius 2 is 1.54 bits per heavy atom. The minimum atomic E-state index is -0.690. The van der Waals surface area contributed by atoms with Crippen molar-refractivity contribution in [3.8, 4) is 0 Å². The summed E-state index contributed by atoms with van der Waals surface area (Å²) in [4.78, 5) is 26.8. The first-order chi connectivity index (χ1) is 12.5. The first-order valence-corrected chi connectivity index (χ1v) is 8.65. The molecule has 0 unspecified atom stereocenters. The molecule has 1 aliphatic rings. The number of carbonyl (C=O) groups excluding carboxylic acids is 2. The predicted molar refractivity (Wildman–Crippen MR) is 103 cm³/mol. The summed E-state index contributed by atoms with van der Waals surface area (Å²) < 4.78 is 5.37. The second kappa shape index (κ2) is 8.01. The number of nitrogens with zero attached hydrogens (tertiary/aromatic N) is 1. The van der Waals surface area contributed by atoms with Crippen LogP contribution in [-0.2, 0) is 14.3 Å². The zero-order valence-corrected chi connectivity index (χ0v) is 15.0. The van der Waals surface area contributed by atoms with E-state index in [2.05, 4.69) is 15.5 Å². The summed E-state index contributed by atoms with van der Waals surface area (Å²) in [6.45, 7) is 6.69. The molecule has 1 saturated heterocycles. The Bertz CT molecular complexity index is 793. The molecule has 136 valence electrons. The van der Waals surface area contributed by atoms with E-state index >= 15 is 0 Å². The number of hydrogen-bond donors (Lipinski definition) is 2. The van der Waals surface area contributed by atoms with Crippen molar-refractivity contribution in [3.63, 3.8) is 0 Å². The van der Waals surface area contributed by atoms with Crippen LogP contribution in [0.4, 0.5) is 17.1 Å². The fourth-order valence-corrected chi connectivity index (χ4v) is 3.07. The maximum atomic E-state index is 12.4. The zero-order chi connectivity index (χ0) is 18.5. The van der Waals surface area contributed by atoms with Gasteiger partial charge in [-0.15, -0.1) is 0 Å². The highest BCUT2D eigenvalue weighted by Gasteiger charge is 2.19. The number of rotatable bonds is 3. The Kier molecular flexibility index (Phi) is 5.53. The van der Waals surface area contributed by atoms with E-state index in [4.69, 9.17) is 4.74 Å². The predicted octanol–water partition coefficient (Wildman–Crippen LogP) is 2.72. The molecule has 1 fully saturated rings. The number of hydrogen-bond acceptors (Lipinski definition) is 4. The maximum Gasteiger partial charge on any atom is 0.314 e. The van der Waals surface area contributed by atoms with Crippen LogP contribution in [0.5, 0.6) is 0 Å². The first kappa shape index (κ1) is 17.9. The molecule has 1 heterocycles. The van der Waals surface area contributed by atoms with Crippen LogP contribution in [0, 0.1) is 13.8 Å². The molecule has 2 aromatic carbocycles. The van der Waals surface area contributed by atoms with Crippen LogP contribution in [-0.4, -0.2) is 38.1 Å². The van der Waals surface area contributed by atoms with Crippen LogP contribution in [0.2, 0.25) is 0 Å². The Balaban J connectivity index is 1.70. The normalized spacial score (nSPS) is 14.0. The standard InChI is InChI=1S/C20H23N3O3/c1-14-11-15(2)13-16(12-14)21-19(24)20(25)22-17-5-3-4-6-18(17)23-7-9-26-10-8-23/h3-6,11-13H,7-10H2,1-2H3,(H,21,24)(H,22,25). The topological polar surface area (TPSA) is 70.7 Å². The van der Waals surface area contributed by atoms with Crippen molar-refractivity contribution in [3.05, 3.63) is 53.6 Å². The Morgan fingerprint density at radius 3 is 2.23 bits per heavy atom. The monoisotopic (exact) mass is 353 g/mol. The van der Waals surface area contributed by atoms with Gasteiger partial charge >= 0.3 is 11.8 Å². The largest absolute Gasteiger partial charge is 0.378 e. The lowest BCUT2D eigenvalue weighted by Crippen LogP contribution is -2.37. The highest BCUT2D eigenvalue weighted by molar-refractivity contribution is 6.43. The van der Waals surface area contributed by atoms with Gasteiger partial charge in [0.05, 0.1) is 24.6 Å². The highest BCUT2D eigenvalue weighted by atomic mass is 16.5. The van der Waals surface area contributed by atoms with Gasteiger partial charge in [0.2, 0.25) is 0 Å². The van der Waals surface area contributed by atoms with Gasteiger partial charge in [0.1, 0.15) is 0 Å². The number of ether oxygens (including phenoxy) is 1. The van der Waals surface area contributed by atoms with Gasteiger partial charge in [0, 0.05) is 18.8 Å². The quantitative estimate of drug-likeness (QED) is 0.833. The van der Waals surface area contributed by atoms with Crippen molar-refractivity contribution in [2.45, 2.75) is 13.8 Å². The molecule has 26 heavy (non-hydrogen) atoms. The summed E-state index contributed by atoms with van der Waals surface area (Å²) in [5.74, 6) is -1.38. The molecule has 1 aliphatic heterocycles. The number of benzene rings is 2. The molecular formula is C20H23N3O3. The van der Waals surface area contributed by atoms with Gasteiger partial charge in [0.25, 0.3) is 0 Å². The molecule has 0 atom stereocenters. The van der Waals surface area contributed by atoms with Gasteiger partial charge in [-0.2, -0.15) is 0 Å². The lowest BCUT2D eigenvalue weighted by molar-refractivity contribution is -0.132. The summed E-state index contributed by atoms with van der Waals surface area (Å²) in [5, 5.41) is 5.38. The van der Waals surface area contributed by atoms with Crippen LogP contribution in [0.3, 0.4) is 0 Å². The molecule has 6 nitrogen and oxygen atoms in total. The van der Waals surface area contributed by atoms with Gasteiger partial charge in [-0.1, -0.05) is 18.2 Å². The SMILES string of the molecule is Cc1cc(C)cc(NC(=O)C(=O)Nc2ccccc2N2CCOCC2)c1. The molecule has 0 saturated carbocycles. The molecule has 0 spiro atoms. The lowest BCUT2D eigenvalue weighted by Gasteiger charge is -2.30. The average Bonchev–Trinajstić information content (AvgIpc) is 2.62. The maximum absolute atomic E-state index is 12.4. The molecule has 2 N–H and O–H groups in total. The van der Waals surface area contributed by atoms with Gasteiger partial charge in [0.15, 0.2) is 0 Å². The number of morpholine rings is 1. The number of nitrogens with one attached hydrogen (secondary N) is 2. The Hall–Kier alpha value is -2.86. The van der Waals surface area contributed by atoms with Crippen molar-refractivity contribution >= 4 is 28.9 Å². The van der Waals surface area contributed by atoms with E-state index in [1.807, 2.05) is 50.2 Å². The second-order valence-electron chi connectivity index (χ2n) is 6.40. The van der Waals surface area contributed by atoms with Gasteiger partial charge in [-0.05, 0) is 49.2 Å². The zero-order valence-electron chi connectivity index (χ0n) is 15.0. The molecule has 0 bridgehead atoms. The molecule has 0 aromatic heterocycles. The van der Waals surface area contributed by atoms with Crippen molar-refractivity contribution in [1.82, 2.24) is 0 Å². The van der Waals surface area contributed by atoms with Crippen LogP contribution >= 0.6 is 0 Å².